The molecule has 0 spiro atoms. The predicted octanol–water partition coefficient (Wildman–Crippen LogP) is 2.90. The van der Waals surface area contributed by atoms with Crippen LogP contribution in [0, 0.1) is 11.8 Å². The number of carbonyl (C=O) groups excluding carboxylic acids is 1. The summed E-state index contributed by atoms with van der Waals surface area (Å²) in [6, 6.07) is 12.7. The Hall–Kier alpha value is -2.89. The number of carbonyl (C=O) groups is 1. The molecule has 1 amide bonds. The van der Waals surface area contributed by atoms with Gasteiger partial charge in [0.25, 0.3) is 0 Å². The summed E-state index contributed by atoms with van der Waals surface area (Å²) in [6.07, 6.45) is -0.177. The molecule has 0 aliphatic rings. The molecule has 2 aromatic carbocycles. The van der Waals surface area contributed by atoms with E-state index in [0.29, 0.717) is 52.2 Å². The molecular weight excluding hydrogens is 418 g/mol. The molecule has 2 unspecified atom stereocenters. The van der Waals surface area contributed by atoms with Crippen molar-refractivity contribution < 1.29 is 19.7 Å². The van der Waals surface area contributed by atoms with E-state index in [0.717, 1.165) is 0 Å². The van der Waals surface area contributed by atoms with E-state index in [1.165, 1.54) is 12.0 Å². The normalized spacial score (nSPS) is 13.9. The first-order chi connectivity index (χ1) is 14.8. The third-order valence-corrected chi connectivity index (χ3v) is 5.15. The van der Waals surface area contributed by atoms with Crippen molar-refractivity contribution in [3.8, 4) is 17.5 Å². The van der Waals surface area contributed by atoms with Crippen LogP contribution in [0.15, 0.2) is 42.5 Å². The summed E-state index contributed by atoms with van der Waals surface area (Å²) in [7, 11) is 3.04. The van der Waals surface area contributed by atoms with Gasteiger partial charge in [-0.2, -0.15) is 5.10 Å². The van der Waals surface area contributed by atoms with Crippen LogP contribution in [0.4, 0.5) is 0 Å². The van der Waals surface area contributed by atoms with Gasteiger partial charge in [-0.15, -0.1) is 0 Å². The molecule has 3 rings (SSSR count). The van der Waals surface area contributed by atoms with Crippen molar-refractivity contribution in [3.05, 3.63) is 58.7 Å². The summed E-state index contributed by atoms with van der Waals surface area (Å²) in [5.41, 5.74) is 1.19. The molecule has 0 aliphatic heterocycles. The average molecular weight is 442 g/mol. The van der Waals surface area contributed by atoms with E-state index in [2.05, 4.69) is 16.9 Å². The van der Waals surface area contributed by atoms with E-state index in [9.17, 15) is 15.0 Å². The Balaban J connectivity index is 1.97. The van der Waals surface area contributed by atoms with E-state index in [1.54, 1.807) is 24.7 Å². The first-order valence-corrected chi connectivity index (χ1v) is 10.0. The number of rotatable bonds is 7. The Kier molecular flexibility index (Phi) is 6.98. The van der Waals surface area contributed by atoms with E-state index in [1.807, 2.05) is 36.4 Å². The summed E-state index contributed by atoms with van der Waals surface area (Å²) in [4.78, 5) is 12.2. The van der Waals surface area contributed by atoms with E-state index in [4.69, 9.17) is 16.3 Å². The first kappa shape index (κ1) is 22.8. The molecule has 162 valence electrons. The number of hydrogen-bond donors (Lipinski definition) is 2. The Labute approximate surface area is 185 Å². The predicted molar refractivity (Wildman–Crippen MR) is 119 cm³/mol. The molecule has 3 aromatic rings. The lowest BCUT2D eigenvalue weighted by Crippen LogP contribution is -2.29. The second kappa shape index (κ2) is 9.50. The lowest BCUT2D eigenvalue weighted by atomic mass is 10.0. The number of halogens is 1. The smallest absolute Gasteiger partial charge is 0.209 e. The van der Waals surface area contributed by atoms with Crippen LogP contribution in [0.1, 0.15) is 30.9 Å². The van der Waals surface area contributed by atoms with Crippen molar-refractivity contribution in [2.75, 3.05) is 20.7 Å². The van der Waals surface area contributed by atoms with Crippen LogP contribution in [0.5, 0.6) is 0 Å². The highest BCUT2D eigenvalue weighted by Gasteiger charge is 2.21. The quantitative estimate of drug-likeness (QED) is 0.334. The Morgan fingerprint density at radius 3 is 2.81 bits per heavy atom. The number of hydrogen-bond acceptors (Lipinski definition) is 5. The number of aliphatic hydroxyl groups excluding tert-OH is 1. The van der Waals surface area contributed by atoms with Crippen molar-refractivity contribution in [2.45, 2.75) is 25.2 Å². The van der Waals surface area contributed by atoms with Crippen LogP contribution < -0.4 is 0 Å². The van der Waals surface area contributed by atoms with Gasteiger partial charge in [0, 0.05) is 38.1 Å². The molecule has 0 radical (unpaired) electrons. The second-order valence-electron chi connectivity index (χ2n) is 7.43. The van der Waals surface area contributed by atoms with Gasteiger partial charge < -0.3 is 19.8 Å². The maximum atomic E-state index is 10.7. The SMILES string of the molecule is COC(O)c1nn(-c2cccc(C#CC(C)(O)CCN(C)C=O)c2)c2cccc(Cl)c12. The van der Waals surface area contributed by atoms with Gasteiger partial charge >= 0.3 is 0 Å². The maximum absolute atomic E-state index is 10.7. The standard InChI is InChI=1S/C23H24ClN3O4/c1-23(30,12-13-26(2)15-28)11-10-16-6-4-7-17(14-16)27-19-9-5-8-18(24)20(19)21(25-27)22(29)31-3/h4-9,14-15,22,29-30H,12-13H2,1-3H3. The lowest BCUT2D eigenvalue weighted by molar-refractivity contribution is -0.117. The fraction of sp³-hybridized carbons (Fsp3) is 0.304. The number of methoxy groups -OCH3 is 1. The summed E-state index contributed by atoms with van der Waals surface area (Å²) >= 11 is 6.36. The fourth-order valence-electron chi connectivity index (χ4n) is 3.07. The number of aromatic nitrogens is 2. The van der Waals surface area contributed by atoms with Crippen molar-refractivity contribution >= 4 is 28.9 Å². The molecular formula is C23H24ClN3O4. The number of amides is 1. The van der Waals surface area contributed by atoms with Crippen molar-refractivity contribution in [3.63, 3.8) is 0 Å². The van der Waals surface area contributed by atoms with Gasteiger partial charge in [0.2, 0.25) is 12.7 Å². The summed E-state index contributed by atoms with van der Waals surface area (Å²) in [5.74, 6) is 5.85. The molecule has 0 saturated heterocycles. The number of nitrogens with zero attached hydrogens (tertiary/aromatic N) is 3. The minimum Gasteiger partial charge on any atom is -0.378 e. The van der Waals surface area contributed by atoms with E-state index in [-0.39, 0.29) is 0 Å². The van der Waals surface area contributed by atoms with E-state index < -0.39 is 11.9 Å². The fourth-order valence-corrected chi connectivity index (χ4v) is 3.33. The van der Waals surface area contributed by atoms with Crippen LogP contribution >= 0.6 is 11.6 Å². The van der Waals surface area contributed by atoms with Gasteiger partial charge in [0.1, 0.15) is 11.3 Å². The third-order valence-electron chi connectivity index (χ3n) is 4.84. The molecule has 0 aliphatic carbocycles. The highest BCUT2D eigenvalue weighted by Crippen LogP contribution is 2.32. The maximum Gasteiger partial charge on any atom is 0.209 e. The summed E-state index contributed by atoms with van der Waals surface area (Å²) in [5, 5.41) is 26.3. The monoisotopic (exact) mass is 441 g/mol. The zero-order valence-corrected chi connectivity index (χ0v) is 18.3. The minimum absolute atomic E-state index is 0.321. The van der Waals surface area contributed by atoms with Crippen LogP contribution in [0.25, 0.3) is 16.6 Å². The summed E-state index contributed by atoms with van der Waals surface area (Å²) < 4.78 is 6.71. The highest BCUT2D eigenvalue weighted by atomic mass is 35.5. The second-order valence-corrected chi connectivity index (χ2v) is 7.84. The molecule has 31 heavy (non-hydrogen) atoms. The molecule has 2 atom stereocenters. The Morgan fingerprint density at radius 2 is 2.10 bits per heavy atom. The number of fused-ring (bicyclic) bond motifs is 1. The molecule has 1 heterocycles. The topological polar surface area (TPSA) is 87.8 Å². The van der Waals surface area contributed by atoms with Crippen molar-refractivity contribution in [2.24, 2.45) is 0 Å². The molecule has 1 aromatic heterocycles. The number of ether oxygens (including phenoxy) is 1. The van der Waals surface area contributed by atoms with Crippen molar-refractivity contribution in [1.29, 1.82) is 0 Å². The van der Waals surface area contributed by atoms with Crippen LogP contribution in [0.2, 0.25) is 5.02 Å². The number of benzene rings is 2. The number of aliphatic hydroxyl groups is 2. The summed E-state index contributed by atoms with van der Waals surface area (Å²) in [6.45, 7) is 2.01. The molecule has 2 N–H and O–H groups in total. The molecule has 0 bridgehead atoms. The Bertz CT molecular complexity index is 1150. The third kappa shape index (κ3) is 5.24. The lowest BCUT2D eigenvalue weighted by Gasteiger charge is -2.19. The van der Waals surface area contributed by atoms with Gasteiger partial charge in [-0.3, -0.25) is 4.79 Å². The van der Waals surface area contributed by atoms with Gasteiger partial charge in [-0.25, -0.2) is 4.68 Å². The van der Waals surface area contributed by atoms with Crippen molar-refractivity contribution in [1.82, 2.24) is 14.7 Å². The van der Waals surface area contributed by atoms with Gasteiger partial charge in [0.15, 0.2) is 0 Å². The average Bonchev–Trinajstić information content (AvgIpc) is 3.17. The molecule has 7 nitrogen and oxygen atoms in total. The Morgan fingerprint density at radius 1 is 1.35 bits per heavy atom. The van der Waals surface area contributed by atoms with Crippen LogP contribution in [-0.2, 0) is 9.53 Å². The van der Waals surface area contributed by atoms with E-state index >= 15 is 0 Å². The zero-order chi connectivity index (χ0) is 22.6. The van der Waals surface area contributed by atoms with Gasteiger partial charge in [-0.05, 0) is 37.3 Å². The van der Waals surface area contributed by atoms with Gasteiger partial charge in [-0.1, -0.05) is 35.6 Å². The minimum atomic E-state index is -1.24. The van der Waals surface area contributed by atoms with Gasteiger partial charge in [0.05, 0.1) is 16.2 Å². The first-order valence-electron chi connectivity index (χ1n) is 9.65. The molecule has 0 saturated carbocycles. The van der Waals surface area contributed by atoms with Crippen LogP contribution in [0.3, 0.4) is 0 Å². The molecule has 8 heteroatoms. The highest BCUT2D eigenvalue weighted by molar-refractivity contribution is 6.35. The largest absolute Gasteiger partial charge is 0.378 e. The molecule has 0 fully saturated rings. The van der Waals surface area contributed by atoms with Crippen LogP contribution in [-0.4, -0.2) is 57.6 Å². The zero-order valence-electron chi connectivity index (χ0n) is 17.5.